The van der Waals surface area contributed by atoms with E-state index in [9.17, 15) is 9.59 Å². The highest BCUT2D eigenvalue weighted by Gasteiger charge is 2.36. The number of nitrogens with zero attached hydrogens (tertiary/aromatic N) is 2. The van der Waals surface area contributed by atoms with Crippen molar-refractivity contribution < 1.29 is 23.7 Å². The molecule has 0 aliphatic carbocycles. The Hall–Kier alpha value is -4.37. The van der Waals surface area contributed by atoms with Crippen molar-refractivity contribution >= 4 is 34.2 Å². The summed E-state index contributed by atoms with van der Waals surface area (Å²) >= 11 is 1.27. The number of allylic oxidation sites excluding steroid dienone is 1. The predicted molar refractivity (Wildman–Crippen MR) is 164 cm³/mol. The van der Waals surface area contributed by atoms with E-state index >= 15 is 0 Å². The van der Waals surface area contributed by atoms with Gasteiger partial charge in [0, 0.05) is 11.1 Å². The van der Waals surface area contributed by atoms with Gasteiger partial charge in [0.2, 0.25) is 0 Å². The fourth-order valence-electron chi connectivity index (χ4n) is 5.19. The fraction of sp³-hybridized carbons (Fsp3) is 0.303. The minimum Gasteiger partial charge on any atom is -0.493 e. The first-order valence-corrected chi connectivity index (χ1v) is 14.9. The Morgan fingerprint density at radius 3 is 2.55 bits per heavy atom. The number of esters is 1. The molecule has 0 bridgehead atoms. The van der Waals surface area contributed by atoms with Gasteiger partial charge in [0.1, 0.15) is 11.8 Å². The number of hydrogen-bond acceptors (Lipinski definition) is 8. The molecule has 0 saturated carbocycles. The van der Waals surface area contributed by atoms with E-state index in [1.54, 1.807) is 31.6 Å². The van der Waals surface area contributed by atoms with E-state index < -0.39 is 12.0 Å². The summed E-state index contributed by atoms with van der Waals surface area (Å²) in [7, 11) is 1.56. The molecule has 42 heavy (non-hydrogen) atoms. The fourth-order valence-corrected chi connectivity index (χ4v) is 6.22. The molecule has 4 aromatic rings. The first-order valence-electron chi connectivity index (χ1n) is 14.1. The van der Waals surface area contributed by atoms with Crippen LogP contribution >= 0.6 is 11.3 Å². The lowest BCUT2D eigenvalue weighted by Crippen LogP contribution is -2.40. The molecule has 1 atom stereocenters. The Balaban J connectivity index is 1.80. The molecule has 8 nitrogen and oxygen atoms in total. The highest BCUT2D eigenvalue weighted by atomic mass is 32.1. The van der Waals surface area contributed by atoms with Crippen LogP contribution in [0.1, 0.15) is 51.3 Å². The Morgan fingerprint density at radius 1 is 1.00 bits per heavy atom. The Kier molecular flexibility index (Phi) is 8.77. The van der Waals surface area contributed by atoms with Gasteiger partial charge in [-0.2, -0.15) is 0 Å². The van der Waals surface area contributed by atoms with Crippen molar-refractivity contribution in [3.8, 4) is 17.2 Å². The number of methoxy groups -OCH3 is 1. The summed E-state index contributed by atoms with van der Waals surface area (Å²) in [6, 6.07) is 16.6. The van der Waals surface area contributed by atoms with Crippen LogP contribution in [-0.2, 0) is 9.53 Å². The van der Waals surface area contributed by atoms with Crippen molar-refractivity contribution in [2.45, 2.75) is 40.2 Å². The van der Waals surface area contributed by atoms with Crippen molar-refractivity contribution in [1.82, 2.24) is 4.57 Å². The second-order valence-electron chi connectivity index (χ2n) is 9.66. The highest BCUT2D eigenvalue weighted by molar-refractivity contribution is 7.07. The van der Waals surface area contributed by atoms with E-state index in [1.165, 1.54) is 11.3 Å². The Morgan fingerprint density at radius 2 is 1.81 bits per heavy atom. The largest absolute Gasteiger partial charge is 0.493 e. The summed E-state index contributed by atoms with van der Waals surface area (Å²) in [5.74, 6) is 1.13. The first kappa shape index (κ1) is 29.1. The lowest BCUT2D eigenvalue weighted by atomic mass is 9.94. The lowest BCUT2D eigenvalue weighted by Gasteiger charge is -2.26. The highest BCUT2D eigenvalue weighted by Crippen LogP contribution is 2.41. The van der Waals surface area contributed by atoms with E-state index in [0.717, 1.165) is 22.8 Å². The van der Waals surface area contributed by atoms with Crippen LogP contribution in [-0.4, -0.2) is 37.5 Å². The third-order valence-electron chi connectivity index (χ3n) is 7.00. The molecule has 1 aromatic heterocycles. The zero-order valence-electron chi connectivity index (χ0n) is 24.4. The number of benzene rings is 3. The predicted octanol–water partition coefficient (Wildman–Crippen LogP) is 5.15. The molecule has 2 heterocycles. The second kappa shape index (κ2) is 12.7. The molecule has 0 unspecified atom stereocenters. The normalized spacial score (nSPS) is 14.9. The second-order valence-corrected chi connectivity index (χ2v) is 10.7. The van der Waals surface area contributed by atoms with Crippen LogP contribution < -0.4 is 29.1 Å². The number of carbonyl (C=O) groups excluding carboxylic acids is 1. The minimum absolute atomic E-state index is 0.185. The van der Waals surface area contributed by atoms with Crippen molar-refractivity contribution in [1.29, 1.82) is 0 Å². The maximum atomic E-state index is 14.3. The molecule has 0 N–H and O–H groups in total. The molecule has 9 heteroatoms. The summed E-state index contributed by atoms with van der Waals surface area (Å²) < 4.78 is 25.2. The van der Waals surface area contributed by atoms with Crippen LogP contribution in [0.15, 0.2) is 75.7 Å². The van der Waals surface area contributed by atoms with Crippen molar-refractivity contribution in [3.05, 3.63) is 96.7 Å². The van der Waals surface area contributed by atoms with Crippen molar-refractivity contribution in [3.63, 3.8) is 0 Å². The summed E-state index contributed by atoms with van der Waals surface area (Å²) in [5.41, 5.74) is 1.91. The summed E-state index contributed by atoms with van der Waals surface area (Å²) in [6.45, 7) is 8.54. The molecule has 1 aliphatic heterocycles. The number of rotatable bonds is 10. The summed E-state index contributed by atoms with van der Waals surface area (Å²) in [4.78, 5) is 32.9. The number of para-hydroxylation sites is 1. The molecule has 5 rings (SSSR count). The zero-order valence-corrected chi connectivity index (χ0v) is 25.2. The number of aromatic nitrogens is 1. The number of hydrogen-bond donors (Lipinski definition) is 0. The van der Waals surface area contributed by atoms with Gasteiger partial charge >= 0.3 is 5.97 Å². The number of ether oxygens (including phenoxy) is 4. The maximum absolute atomic E-state index is 14.3. The Bertz CT molecular complexity index is 1850. The average Bonchev–Trinajstić information content (AvgIpc) is 3.30. The van der Waals surface area contributed by atoms with Gasteiger partial charge in [-0.15, -0.1) is 0 Å². The van der Waals surface area contributed by atoms with Gasteiger partial charge in [0.05, 0.1) is 42.7 Å². The van der Waals surface area contributed by atoms with Gasteiger partial charge in [-0.25, -0.2) is 9.79 Å². The topological polar surface area (TPSA) is 88.3 Å². The van der Waals surface area contributed by atoms with Crippen molar-refractivity contribution in [2.24, 2.45) is 4.99 Å². The van der Waals surface area contributed by atoms with Gasteiger partial charge in [0.15, 0.2) is 16.3 Å². The molecule has 3 aromatic carbocycles. The SMILES string of the molecule is CCCOc1ccc2ccccc2c1/C=c1/sc2n(c1=O)[C@@H](c1cccc(OC)c1OCC)C(C(=O)OCC)=C(C)N=2. The molecule has 0 fully saturated rings. The monoisotopic (exact) mass is 586 g/mol. The van der Waals surface area contributed by atoms with E-state index in [0.29, 0.717) is 51.1 Å². The number of carbonyl (C=O) groups is 1. The van der Waals surface area contributed by atoms with Crippen LogP contribution in [0.25, 0.3) is 16.8 Å². The first-order chi connectivity index (χ1) is 20.4. The third kappa shape index (κ3) is 5.32. The zero-order chi connectivity index (χ0) is 29.8. The van der Waals surface area contributed by atoms with E-state index in [2.05, 4.69) is 6.92 Å². The third-order valence-corrected chi connectivity index (χ3v) is 7.98. The van der Waals surface area contributed by atoms with Gasteiger partial charge < -0.3 is 18.9 Å². The maximum Gasteiger partial charge on any atom is 0.338 e. The van der Waals surface area contributed by atoms with Gasteiger partial charge in [0.25, 0.3) is 5.56 Å². The number of fused-ring (bicyclic) bond motifs is 2. The van der Waals surface area contributed by atoms with Gasteiger partial charge in [-0.3, -0.25) is 9.36 Å². The quantitative estimate of drug-likeness (QED) is 0.239. The molecule has 0 radical (unpaired) electrons. The summed E-state index contributed by atoms with van der Waals surface area (Å²) in [5, 5.41) is 2.01. The van der Waals surface area contributed by atoms with E-state index in [-0.39, 0.29) is 17.7 Å². The molecular weight excluding hydrogens is 552 g/mol. The van der Waals surface area contributed by atoms with Crippen LogP contribution in [0, 0.1) is 0 Å². The van der Waals surface area contributed by atoms with Crippen molar-refractivity contribution in [2.75, 3.05) is 26.9 Å². The standard InChI is InChI=1S/C33H34N2O6S/c1-6-18-41-25-17-16-21-12-9-10-13-22(21)24(25)19-27-31(36)35-29(23-14-11-15-26(38-5)30(23)39-7-2)28(32(37)40-8-3)20(4)34-33(35)42-27/h9-17,19,29H,6-8,18H2,1-5H3/b27-19+/t29-/m0/s1. The van der Waals surface area contributed by atoms with Gasteiger partial charge in [-0.1, -0.05) is 60.7 Å². The molecule has 0 spiro atoms. The van der Waals surface area contributed by atoms with Crippen LogP contribution in [0.4, 0.5) is 0 Å². The molecule has 1 aliphatic rings. The molecule has 0 amide bonds. The smallest absolute Gasteiger partial charge is 0.338 e. The minimum atomic E-state index is -0.831. The molecular formula is C33H34N2O6S. The lowest BCUT2D eigenvalue weighted by molar-refractivity contribution is -0.139. The average molecular weight is 587 g/mol. The van der Waals surface area contributed by atoms with E-state index in [4.69, 9.17) is 23.9 Å². The van der Waals surface area contributed by atoms with Crippen LogP contribution in [0.2, 0.25) is 0 Å². The molecule has 0 saturated heterocycles. The Labute approximate surface area is 248 Å². The molecule has 218 valence electrons. The van der Waals surface area contributed by atoms with Crippen LogP contribution in [0.3, 0.4) is 0 Å². The summed E-state index contributed by atoms with van der Waals surface area (Å²) in [6.07, 6.45) is 2.72. The van der Waals surface area contributed by atoms with E-state index in [1.807, 2.05) is 61.5 Å². The van der Waals surface area contributed by atoms with Crippen LogP contribution in [0.5, 0.6) is 17.2 Å². The van der Waals surface area contributed by atoms with Gasteiger partial charge in [-0.05, 0) is 56.2 Å². The number of thiazole rings is 1.